The molecular formula is C13H17N3O3S. The third kappa shape index (κ3) is 3.37. The predicted molar refractivity (Wildman–Crippen MR) is 75.0 cm³/mol. The summed E-state index contributed by atoms with van der Waals surface area (Å²) in [6.45, 7) is 4.53. The molecule has 0 aliphatic rings. The number of primary sulfonamides is 1. The molecule has 108 valence electrons. The van der Waals surface area contributed by atoms with E-state index in [9.17, 15) is 8.42 Å². The van der Waals surface area contributed by atoms with Crippen molar-refractivity contribution in [3.05, 3.63) is 42.0 Å². The maximum absolute atomic E-state index is 11.6. The second-order valence-corrected chi connectivity index (χ2v) is 6.13. The van der Waals surface area contributed by atoms with Gasteiger partial charge in [-0.1, -0.05) is 6.07 Å². The average molecular weight is 295 g/mol. The lowest BCUT2D eigenvalue weighted by atomic mass is 10.1. The van der Waals surface area contributed by atoms with Crippen LogP contribution in [0.4, 0.5) is 0 Å². The van der Waals surface area contributed by atoms with Crippen LogP contribution in [0, 0.1) is 13.8 Å². The number of hydrogen-bond donors (Lipinski definition) is 1. The summed E-state index contributed by atoms with van der Waals surface area (Å²) in [5.41, 5.74) is 1.58. The average Bonchev–Trinajstić information content (AvgIpc) is 2.83. The Labute approximate surface area is 118 Å². The molecule has 1 aromatic heterocycles. The first-order valence-electron chi connectivity index (χ1n) is 6.10. The predicted octanol–water partition coefficient (Wildman–Crippen LogP) is 1.23. The van der Waals surface area contributed by atoms with Crippen molar-refractivity contribution >= 4 is 10.0 Å². The van der Waals surface area contributed by atoms with Crippen LogP contribution in [0.25, 0.3) is 0 Å². The van der Waals surface area contributed by atoms with Crippen LogP contribution >= 0.6 is 0 Å². The van der Waals surface area contributed by atoms with Crippen LogP contribution in [-0.4, -0.2) is 24.6 Å². The summed E-state index contributed by atoms with van der Waals surface area (Å²) in [4.78, 5) is 3.95. The standard InChI is InChI=1S/C13H17N3O3S/c1-10-7-11(2)13(12(8-10)20(14,17)18)19-6-5-16-4-3-15-9-16/h3-4,7-9H,5-6H2,1-2H3,(H2,14,17,18). The van der Waals surface area contributed by atoms with Crippen molar-refractivity contribution in [3.63, 3.8) is 0 Å². The molecule has 0 amide bonds. The Kier molecular flexibility index (Phi) is 4.10. The minimum atomic E-state index is -3.81. The van der Waals surface area contributed by atoms with Gasteiger partial charge >= 0.3 is 0 Å². The van der Waals surface area contributed by atoms with Crippen molar-refractivity contribution in [2.75, 3.05) is 6.61 Å². The molecule has 7 heteroatoms. The fraction of sp³-hybridized carbons (Fsp3) is 0.308. The van der Waals surface area contributed by atoms with Crippen LogP contribution in [0.1, 0.15) is 11.1 Å². The molecule has 0 aliphatic heterocycles. The van der Waals surface area contributed by atoms with Crippen molar-refractivity contribution in [1.29, 1.82) is 0 Å². The van der Waals surface area contributed by atoms with E-state index in [4.69, 9.17) is 9.88 Å². The van der Waals surface area contributed by atoms with Gasteiger partial charge in [-0.05, 0) is 31.0 Å². The van der Waals surface area contributed by atoms with Crippen molar-refractivity contribution in [3.8, 4) is 5.75 Å². The monoisotopic (exact) mass is 295 g/mol. The van der Waals surface area contributed by atoms with Crippen LogP contribution in [0.3, 0.4) is 0 Å². The summed E-state index contributed by atoms with van der Waals surface area (Å²) in [5.74, 6) is 0.318. The van der Waals surface area contributed by atoms with Crippen molar-refractivity contribution in [1.82, 2.24) is 9.55 Å². The summed E-state index contributed by atoms with van der Waals surface area (Å²) in [7, 11) is -3.81. The smallest absolute Gasteiger partial charge is 0.241 e. The summed E-state index contributed by atoms with van der Waals surface area (Å²) >= 11 is 0. The van der Waals surface area contributed by atoms with E-state index in [0.717, 1.165) is 11.1 Å². The molecule has 0 atom stereocenters. The maximum atomic E-state index is 11.6. The van der Waals surface area contributed by atoms with Gasteiger partial charge in [-0.2, -0.15) is 0 Å². The number of imidazole rings is 1. The van der Waals surface area contributed by atoms with E-state index >= 15 is 0 Å². The molecule has 1 aromatic carbocycles. The summed E-state index contributed by atoms with van der Waals surface area (Å²) < 4.78 is 30.7. The van der Waals surface area contributed by atoms with E-state index in [-0.39, 0.29) is 4.90 Å². The summed E-state index contributed by atoms with van der Waals surface area (Å²) in [5, 5.41) is 5.24. The molecule has 2 N–H and O–H groups in total. The van der Waals surface area contributed by atoms with E-state index in [0.29, 0.717) is 18.9 Å². The molecule has 0 bridgehead atoms. The summed E-state index contributed by atoms with van der Waals surface area (Å²) in [6, 6.07) is 3.39. The SMILES string of the molecule is Cc1cc(C)c(OCCn2ccnc2)c(S(N)(=O)=O)c1. The Hall–Kier alpha value is -1.86. The second-order valence-electron chi connectivity index (χ2n) is 4.60. The van der Waals surface area contributed by atoms with E-state index in [1.54, 1.807) is 19.4 Å². The number of aryl methyl sites for hydroxylation is 2. The topological polar surface area (TPSA) is 87.2 Å². The third-order valence-corrected chi connectivity index (χ3v) is 3.76. The quantitative estimate of drug-likeness (QED) is 0.898. The molecular weight excluding hydrogens is 278 g/mol. The van der Waals surface area contributed by atoms with Gasteiger partial charge in [0.25, 0.3) is 0 Å². The molecule has 0 saturated heterocycles. The molecule has 2 rings (SSSR count). The molecule has 1 heterocycles. The van der Waals surface area contributed by atoms with Gasteiger partial charge in [-0.25, -0.2) is 18.5 Å². The highest BCUT2D eigenvalue weighted by molar-refractivity contribution is 7.89. The molecule has 0 spiro atoms. The van der Waals surface area contributed by atoms with Gasteiger partial charge in [0.05, 0.1) is 12.9 Å². The highest BCUT2D eigenvalue weighted by Gasteiger charge is 2.18. The molecule has 0 aliphatic carbocycles. The molecule has 2 aromatic rings. The number of hydrogen-bond acceptors (Lipinski definition) is 4. The zero-order chi connectivity index (χ0) is 14.8. The zero-order valence-electron chi connectivity index (χ0n) is 11.4. The Bertz CT molecular complexity index is 694. The van der Waals surface area contributed by atoms with Crippen molar-refractivity contribution in [2.45, 2.75) is 25.3 Å². The Morgan fingerprint density at radius 1 is 1.35 bits per heavy atom. The number of rotatable bonds is 5. The van der Waals surface area contributed by atoms with E-state index in [1.807, 2.05) is 23.8 Å². The van der Waals surface area contributed by atoms with Crippen LogP contribution in [0.2, 0.25) is 0 Å². The van der Waals surface area contributed by atoms with Crippen molar-refractivity contribution in [2.24, 2.45) is 5.14 Å². The molecule has 0 saturated carbocycles. The minimum absolute atomic E-state index is 0.0284. The van der Waals surface area contributed by atoms with Crippen molar-refractivity contribution < 1.29 is 13.2 Å². The number of nitrogens with two attached hydrogens (primary N) is 1. The van der Waals surface area contributed by atoms with Gasteiger partial charge in [0.15, 0.2) is 0 Å². The highest BCUT2D eigenvalue weighted by Crippen LogP contribution is 2.28. The number of ether oxygens (including phenoxy) is 1. The number of benzene rings is 1. The fourth-order valence-corrected chi connectivity index (χ4v) is 2.81. The van der Waals surface area contributed by atoms with Crippen LogP contribution < -0.4 is 9.88 Å². The number of sulfonamides is 1. The van der Waals surface area contributed by atoms with Gasteiger partial charge in [-0.15, -0.1) is 0 Å². The number of aromatic nitrogens is 2. The van der Waals surface area contributed by atoms with E-state index in [2.05, 4.69) is 4.98 Å². The highest BCUT2D eigenvalue weighted by atomic mass is 32.2. The van der Waals surface area contributed by atoms with Gasteiger partial charge in [0, 0.05) is 12.4 Å². The molecule has 20 heavy (non-hydrogen) atoms. The molecule has 6 nitrogen and oxygen atoms in total. The molecule has 0 unspecified atom stereocenters. The lowest BCUT2D eigenvalue weighted by Crippen LogP contribution is -2.16. The largest absolute Gasteiger partial charge is 0.490 e. The van der Waals surface area contributed by atoms with Crippen LogP contribution in [0.15, 0.2) is 35.7 Å². The first-order valence-corrected chi connectivity index (χ1v) is 7.65. The Morgan fingerprint density at radius 2 is 2.10 bits per heavy atom. The van der Waals surface area contributed by atoms with Gasteiger partial charge in [0.2, 0.25) is 10.0 Å². The van der Waals surface area contributed by atoms with Gasteiger partial charge in [0.1, 0.15) is 17.3 Å². The summed E-state index contributed by atoms with van der Waals surface area (Å²) in [6.07, 6.45) is 5.16. The molecule has 0 radical (unpaired) electrons. The Balaban J connectivity index is 2.22. The first kappa shape index (κ1) is 14.5. The Morgan fingerprint density at radius 3 is 2.70 bits per heavy atom. The normalized spacial score (nSPS) is 11.6. The lowest BCUT2D eigenvalue weighted by molar-refractivity contribution is 0.289. The lowest BCUT2D eigenvalue weighted by Gasteiger charge is -2.14. The minimum Gasteiger partial charge on any atom is -0.490 e. The first-order chi connectivity index (χ1) is 9.38. The van der Waals surface area contributed by atoms with Crippen LogP contribution in [0.5, 0.6) is 5.75 Å². The molecule has 0 fully saturated rings. The number of nitrogens with zero attached hydrogens (tertiary/aromatic N) is 2. The van der Waals surface area contributed by atoms with Crippen LogP contribution in [-0.2, 0) is 16.6 Å². The van der Waals surface area contributed by atoms with E-state index in [1.165, 1.54) is 6.07 Å². The second kappa shape index (κ2) is 5.64. The zero-order valence-corrected chi connectivity index (χ0v) is 12.2. The third-order valence-electron chi connectivity index (χ3n) is 2.85. The van der Waals surface area contributed by atoms with E-state index < -0.39 is 10.0 Å². The fourth-order valence-electron chi connectivity index (χ4n) is 1.98. The van der Waals surface area contributed by atoms with Gasteiger partial charge < -0.3 is 9.30 Å². The maximum Gasteiger partial charge on any atom is 0.241 e. The van der Waals surface area contributed by atoms with Gasteiger partial charge in [-0.3, -0.25) is 0 Å².